The highest BCUT2D eigenvalue weighted by Crippen LogP contribution is 2.34. The molecular weight excluding hydrogens is 621 g/mol. The van der Waals surface area contributed by atoms with Crippen molar-refractivity contribution in [2.45, 2.75) is 58.7 Å². The molecule has 0 atom stereocenters. The van der Waals surface area contributed by atoms with Gasteiger partial charge in [0.1, 0.15) is 5.60 Å². The Morgan fingerprint density at radius 2 is 1.66 bits per heavy atom. The summed E-state index contributed by atoms with van der Waals surface area (Å²) in [6.45, 7) is 8.66. The highest BCUT2D eigenvalue weighted by molar-refractivity contribution is 6.35. The maximum absolute atomic E-state index is 14.5. The molecule has 4 aromatic rings. The predicted molar refractivity (Wildman–Crippen MR) is 174 cm³/mol. The second-order valence-electron chi connectivity index (χ2n) is 11.8. The normalized spacial score (nSPS) is 14.0. The summed E-state index contributed by atoms with van der Waals surface area (Å²) in [4.78, 5) is 35.3. The zero-order chi connectivity index (χ0) is 31.6. The highest BCUT2D eigenvalue weighted by Gasteiger charge is 2.35. The van der Waals surface area contributed by atoms with E-state index in [1.165, 1.54) is 0 Å². The van der Waals surface area contributed by atoms with E-state index in [4.69, 9.17) is 44.6 Å². The van der Waals surface area contributed by atoms with Crippen molar-refractivity contribution in [2.75, 3.05) is 13.1 Å². The van der Waals surface area contributed by atoms with Crippen LogP contribution in [0, 0.1) is 6.92 Å². The second kappa shape index (κ2) is 13.2. The lowest BCUT2D eigenvalue weighted by molar-refractivity contribution is 0.0140. The third-order valence-electron chi connectivity index (χ3n) is 7.46. The molecule has 0 spiro atoms. The molecule has 0 bridgehead atoms. The molecule has 1 saturated heterocycles. The van der Waals surface area contributed by atoms with E-state index >= 15 is 0 Å². The van der Waals surface area contributed by atoms with Crippen molar-refractivity contribution in [1.82, 2.24) is 24.6 Å². The Morgan fingerprint density at radius 1 is 0.977 bits per heavy atom. The predicted octanol–water partition coefficient (Wildman–Crippen LogP) is 8.24. The van der Waals surface area contributed by atoms with Gasteiger partial charge in [0.2, 0.25) is 0 Å². The molecule has 8 nitrogen and oxygen atoms in total. The number of carbonyl (C=O) groups excluding carboxylic acids is 2. The Hall–Kier alpha value is -3.59. The summed E-state index contributed by atoms with van der Waals surface area (Å²) < 4.78 is 7.27. The molecule has 1 aliphatic rings. The molecule has 1 fully saturated rings. The lowest BCUT2D eigenvalue weighted by Gasteiger charge is -2.38. The van der Waals surface area contributed by atoms with Crippen molar-refractivity contribution in [3.8, 4) is 16.9 Å². The number of nitrogens with zero attached hydrogens (tertiary/aromatic N) is 5. The lowest BCUT2D eigenvalue weighted by Crippen LogP contribution is -2.49. The summed E-state index contributed by atoms with van der Waals surface area (Å²) in [5, 5.41) is 6.35. The molecule has 1 aliphatic heterocycles. The van der Waals surface area contributed by atoms with E-state index in [1.54, 1.807) is 46.1 Å². The molecule has 0 radical (unpaired) electrons. The Morgan fingerprint density at radius 3 is 2.27 bits per heavy atom. The van der Waals surface area contributed by atoms with Crippen LogP contribution >= 0.6 is 34.8 Å². The number of piperidine rings is 1. The molecular formula is C33H34Cl3N5O3. The van der Waals surface area contributed by atoms with Gasteiger partial charge in [-0.05, 0) is 83.0 Å². The number of hydrogen-bond acceptors (Lipinski definition) is 5. The Kier molecular flexibility index (Phi) is 9.53. The first-order chi connectivity index (χ1) is 20.9. The Bertz CT molecular complexity index is 1640. The fourth-order valence-electron chi connectivity index (χ4n) is 5.33. The molecule has 0 saturated carbocycles. The van der Waals surface area contributed by atoms with Crippen molar-refractivity contribution < 1.29 is 14.3 Å². The lowest BCUT2D eigenvalue weighted by atomic mass is 10.0. The van der Waals surface area contributed by atoms with E-state index in [0.29, 0.717) is 70.2 Å². The molecule has 11 heteroatoms. The number of aromatic nitrogens is 3. The van der Waals surface area contributed by atoms with Gasteiger partial charge in [0.25, 0.3) is 5.91 Å². The number of ether oxygens (including phenoxy) is 1. The first-order valence-electron chi connectivity index (χ1n) is 14.4. The summed E-state index contributed by atoms with van der Waals surface area (Å²) in [6, 6.07) is 18.0. The molecule has 230 valence electrons. The van der Waals surface area contributed by atoms with Crippen molar-refractivity contribution in [2.24, 2.45) is 0 Å². The van der Waals surface area contributed by atoms with Crippen LogP contribution in [-0.2, 0) is 11.3 Å². The largest absolute Gasteiger partial charge is 0.444 e. The van der Waals surface area contributed by atoms with Crippen molar-refractivity contribution in [3.05, 3.63) is 98.9 Å². The van der Waals surface area contributed by atoms with Crippen molar-refractivity contribution >= 4 is 46.8 Å². The van der Waals surface area contributed by atoms with Gasteiger partial charge in [0, 0.05) is 46.5 Å². The van der Waals surface area contributed by atoms with E-state index in [2.05, 4.69) is 4.98 Å². The third-order valence-corrected chi connectivity index (χ3v) is 8.25. The average Bonchev–Trinajstić information content (AvgIpc) is 3.32. The highest BCUT2D eigenvalue weighted by atomic mass is 35.5. The van der Waals surface area contributed by atoms with Gasteiger partial charge in [-0.1, -0.05) is 53.0 Å². The van der Waals surface area contributed by atoms with Gasteiger partial charge in [-0.2, -0.15) is 5.10 Å². The number of pyridine rings is 1. The Labute approximate surface area is 272 Å². The fourth-order valence-corrected chi connectivity index (χ4v) is 5.94. The van der Waals surface area contributed by atoms with E-state index in [0.717, 1.165) is 11.3 Å². The number of benzene rings is 2. The van der Waals surface area contributed by atoms with Gasteiger partial charge >= 0.3 is 6.09 Å². The van der Waals surface area contributed by atoms with Crippen LogP contribution in [-0.4, -0.2) is 61.3 Å². The maximum atomic E-state index is 14.5. The molecule has 0 aliphatic carbocycles. The first kappa shape index (κ1) is 31.8. The van der Waals surface area contributed by atoms with E-state index in [-0.39, 0.29) is 18.0 Å². The van der Waals surface area contributed by atoms with Gasteiger partial charge < -0.3 is 14.5 Å². The zero-order valence-corrected chi connectivity index (χ0v) is 27.3. The van der Waals surface area contributed by atoms with Crippen LogP contribution < -0.4 is 0 Å². The van der Waals surface area contributed by atoms with Crippen LogP contribution in [0.15, 0.2) is 66.9 Å². The van der Waals surface area contributed by atoms with Gasteiger partial charge in [0.05, 0.1) is 28.6 Å². The van der Waals surface area contributed by atoms with Gasteiger partial charge in [-0.3, -0.25) is 9.78 Å². The first-order valence-corrected chi connectivity index (χ1v) is 15.5. The van der Waals surface area contributed by atoms with E-state index in [9.17, 15) is 9.59 Å². The summed E-state index contributed by atoms with van der Waals surface area (Å²) in [5.41, 5.74) is 3.29. The summed E-state index contributed by atoms with van der Waals surface area (Å²) >= 11 is 19.1. The van der Waals surface area contributed by atoms with Crippen LogP contribution in [0.3, 0.4) is 0 Å². The van der Waals surface area contributed by atoms with Gasteiger partial charge in [0.15, 0.2) is 5.69 Å². The van der Waals surface area contributed by atoms with Crippen LogP contribution in [0.4, 0.5) is 4.79 Å². The summed E-state index contributed by atoms with van der Waals surface area (Å²) in [5.74, 6) is -0.233. The maximum Gasteiger partial charge on any atom is 0.410 e. The van der Waals surface area contributed by atoms with Gasteiger partial charge in [-0.15, -0.1) is 0 Å². The molecule has 0 N–H and O–H groups in total. The number of carbonyl (C=O) groups is 2. The number of likely N-dealkylation sites (tertiary alicyclic amines) is 1. The minimum absolute atomic E-state index is 0.147. The molecule has 3 heterocycles. The Balaban J connectivity index is 1.53. The SMILES string of the molecule is Cc1c(C(=O)N(Cc2ccccn2)C2CCN(C(=O)OC(C)(C)C)CC2)nn(-c2ccc(Cl)cc2Cl)c1-c1ccc(Cl)cc1. The molecule has 44 heavy (non-hydrogen) atoms. The van der Waals surface area contributed by atoms with Crippen LogP contribution in [0.1, 0.15) is 55.4 Å². The number of rotatable bonds is 6. The number of halogens is 3. The number of amides is 2. The van der Waals surface area contributed by atoms with E-state index < -0.39 is 5.60 Å². The van der Waals surface area contributed by atoms with E-state index in [1.807, 2.05) is 62.9 Å². The smallest absolute Gasteiger partial charge is 0.410 e. The van der Waals surface area contributed by atoms with Crippen LogP contribution in [0.25, 0.3) is 16.9 Å². The third kappa shape index (κ3) is 7.20. The van der Waals surface area contributed by atoms with Crippen molar-refractivity contribution in [3.63, 3.8) is 0 Å². The molecule has 0 unspecified atom stereocenters. The second-order valence-corrected chi connectivity index (χ2v) is 13.1. The fraction of sp³-hybridized carbons (Fsp3) is 0.333. The topological polar surface area (TPSA) is 80.6 Å². The minimum Gasteiger partial charge on any atom is -0.444 e. The average molecular weight is 655 g/mol. The van der Waals surface area contributed by atoms with Crippen molar-refractivity contribution in [1.29, 1.82) is 0 Å². The van der Waals surface area contributed by atoms with Gasteiger partial charge in [-0.25, -0.2) is 9.48 Å². The molecule has 5 rings (SSSR count). The number of hydrogen-bond donors (Lipinski definition) is 0. The molecule has 2 aromatic heterocycles. The zero-order valence-electron chi connectivity index (χ0n) is 25.1. The monoisotopic (exact) mass is 653 g/mol. The van der Waals surface area contributed by atoms with Crippen LogP contribution in [0.2, 0.25) is 15.1 Å². The molecule has 2 aromatic carbocycles. The quantitative estimate of drug-likeness (QED) is 0.209. The van der Waals surface area contributed by atoms with Crippen LogP contribution in [0.5, 0.6) is 0 Å². The summed E-state index contributed by atoms with van der Waals surface area (Å²) in [6.07, 6.45) is 2.54. The summed E-state index contributed by atoms with van der Waals surface area (Å²) in [7, 11) is 0. The standard InChI is InChI=1S/C33H34Cl3N5O3/c1-21-29(38-41(28-13-12-24(35)19-27(28)36)30(21)22-8-10-23(34)11-9-22)31(42)40(20-25-7-5-6-16-37-25)26-14-17-39(18-15-26)32(43)44-33(2,3)4/h5-13,16,19,26H,14-15,17-18,20H2,1-4H3. The molecule has 2 amide bonds. The minimum atomic E-state index is -0.583.